The Morgan fingerprint density at radius 2 is 0.452 bits per heavy atom. The first-order valence-electron chi connectivity index (χ1n) is 30.3. The van der Waals surface area contributed by atoms with Crippen molar-refractivity contribution in [2.45, 2.75) is 235 Å². The highest BCUT2D eigenvalue weighted by Gasteiger charge is 2.40. The molecule has 84 heavy (non-hydrogen) atoms. The molecular weight excluding hydrogens is 1080 g/mol. The van der Waals surface area contributed by atoms with E-state index in [9.17, 15) is 0 Å². The fourth-order valence-corrected chi connectivity index (χ4v) is 14.0. The molecule has 0 atom stereocenters. The molecule has 5 aliphatic rings. The van der Waals surface area contributed by atoms with Crippen molar-refractivity contribution in [3.63, 3.8) is 0 Å². The standard InChI is InChI=1S/C74H98O8P2/c1-67(2,3)51-31-43-27-44-32-52(68(4,5)6)37-49-30-50-38-54(70(10,11)12)34-46-28-45-33-53(69(7,8)9)36-48(63(45)79-84(80-64(46)50)82-66-59(73(19,20)21)41-56(76-26)42-60(66)74(22,23)24)29-47(35-51)61(43)77-83(78-62(44)49)81-65-57(71(13,14)15)39-55(75-25)40-58(65)72(16,17)18/h31-42H,27-30H2,1-26H3. The van der Waals surface area contributed by atoms with Gasteiger partial charge in [0.1, 0.15) is 46.0 Å². The minimum Gasteiger partial charge on any atom is -0.497 e. The third-order valence-electron chi connectivity index (χ3n) is 16.8. The maximum absolute atomic E-state index is 7.68. The Morgan fingerprint density at radius 1 is 0.274 bits per heavy atom. The summed E-state index contributed by atoms with van der Waals surface area (Å²) in [7, 11) is -0.939. The third kappa shape index (κ3) is 13.1. The Balaban J connectivity index is 1.43. The average molecular weight is 1180 g/mol. The Kier molecular flexibility index (Phi) is 16.3. The summed E-state index contributed by atoms with van der Waals surface area (Å²) in [6.45, 7) is 54.4. The topological polar surface area (TPSA) is 73.8 Å². The zero-order valence-electron chi connectivity index (χ0n) is 55.9. The van der Waals surface area contributed by atoms with Crippen molar-refractivity contribution >= 4 is 17.2 Å². The minimum absolute atomic E-state index is 0.218. The van der Waals surface area contributed by atoms with E-state index in [4.69, 9.17) is 36.6 Å². The number of methoxy groups -OCH3 is 2. The normalized spacial score (nSPS) is 15.4. The highest BCUT2D eigenvalue weighted by Crippen LogP contribution is 2.58. The number of ether oxygens (including phenoxy) is 2. The second kappa shape index (κ2) is 21.8. The van der Waals surface area contributed by atoms with Crippen molar-refractivity contribution in [1.29, 1.82) is 0 Å². The molecule has 4 aliphatic heterocycles. The average Bonchev–Trinajstić information content (AvgIpc) is 1.14. The van der Waals surface area contributed by atoms with E-state index < -0.39 is 17.2 Å². The number of fused-ring (bicyclic) bond motifs is 4. The smallest absolute Gasteiger partial charge is 0.497 e. The van der Waals surface area contributed by atoms with E-state index >= 15 is 0 Å². The Hall–Kier alpha value is -5.42. The van der Waals surface area contributed by atoms with Crippen molar-refractivity contribution in [2.24, 2.45) is 0 Å². The van der Waals surface area contributed by atoms with Crippen molar-refractivity contribution in [3.05, 3.63) is 162 Å². The van der Waals surface area contributed by atoms with Gasteiger partial charge in [0.25, 0.3) is 0 Å². The lowest BCUT2D eigenvalue weighted by Gasteiger charge is -2.35. The molecule has 0 fully saturated rings. The van der Waals surface area contributed by atoms with Crippen LogP contribution in [0, 0.1) is 0 Å². The molecule has 6 aromatic carbocycles. The van der Waals surface area contributed by atoms with E-state index in [1.54, 1.807) is 14.2 Å². The molecule has 11 rings (SSSR count). The van der Waals surface area contributed by atoms with Crippen LogP contribution in [-0.4, -0.2) is 14.2 Å². The van der Waals surface area contributed by atoms with Crippen LogP contribution in [0.2, 0.25) is 0 Å². The molecule has 0 spiro atoms. The van der Waals surface area contributed by atoms with Crippen LogP contribution >= 0.6 is 17.2 Å². The summed E-state index contributed by atoms with van der Waals surface area (Å²) in [5.41, 5.74) is 15.1. The lowest BCUT2D eigenvalue weighted by molar-refractivity contribution is 0.362. The van der Waals surface area contributed by atoms with Crippen molar-refractivity contribution in [2.75, 3.05) is 14.2 Å². The van der Waals surface area contributed by atoms with Gasteiger partial charge in [-0.1, -0.05) is 215 Å². The van der Waals surface area contributed by atoms with Crippen LogP contribution in [0.25, 0.3) is 0 Å². The summed E-state index contributed by atoms with van der Waals surface area (Å²) in [6, 6.07) is 27.4. The first-order chi connectivity index (χ1) is 38.5. The molecule has 1 aliphatic carbocycles. The Morgan fingerprint density at radius 3 is 0.595 bits per heavy atom. The number of hydrogen-bond donors (Lipinski definition) is 0. The first kappa shape index (κ1) is 63.1. The Bertz CT molecular complexity index is 3070. The van der Waals surface area contributed by atoms with Crippen molar-refractivity contribution < 1.29 is 36.6 Å². The zero-order valence-corrected chi connectivity index (χ0v) is 57.7. The van der Waals surface area contributed by atoms with Crippen LogP contribution in [-0.2, 0) is 69.0 Å². The summed E-state index contributed by atoms with van der Waals surface area (Å²) < 4.78 is 58.0. The second-order valence-electron chi connectivity index (χ2n) is 32.3. The van der Waals surface area contributed by atoms with Gasteiger partial charge in [0.05, 0.1) is 14.2 Å². The van der Waals surface area contributed by atoms with Gasteiger partial charge in [0, 0.05) is 47.9 Å². The number of hydrogen-bond acceptors (Lipinski definition) is 8. The molecule has 0 unspecified atom stereocenters. The molecule has 0 amide bonds. The highest BCUT2D eigenvalue weighted by molar-refractivity contribution is 7.43. The molecule has 0 saturated heterocycles. The van der Waals surface area contributed by atoms with Crippen LogP contribution in [0.15, 0.2) is 72.8 Å². The van der Waals surface area contributed by atoms with Crippen molar-refractivity contribution in [3.8, 4) is 46.0 Å². The largest absolute Gasteiger partial charge is 0.530 e. The van der Waals surface area contributed by atoms with Gasteiger partial charge >= 0.3 is 17.2 Å². The van der Waals surface area contributed by atoms with Gasteiger partial charge in [-0.3, -0.25) is 0 Å². The predicted octanol–water partition coefficient (Wildman–Crippen LogP) is 20.9. The van der Waals surface area contributed by atoms with Gasteiger partial charge in [0.2, 0.25) is 0 Å². The van der Waals surface area contributed by atoms with Crippen LogP contribution in [0.3, 0.4) is 0 Å². The van der Waals surface area contributed by atoms with Gasteiger partial charge in [0.15, 0.2) is 0 Å². The van der Waals surface area contributed by atoms with Crippen LogP contribution in [0.5, 0.6) is 46.0 Å². The summed E-state index contributed by atoms with van der Waals surface area (Å²) in [6.07, 6.45) is 2.09. The summed E-state index contributed by atoms with van der Waals surface area (Å²) in [5.74, 6) is 6.11. The molecule has 0 aromatic heterocycles. The maximum Gasteiger partial charge on any atom is 0.530 e. The summed E-state index contributed by atoms with van der Waals surface area (Å²) >= 11 is 0. The summed E-state index contributed by atoms with van der Waals surface area (Å²) in [5, 5.41) is 0. The van der Waals surface area contributed by atoms with Crippen LogP contribution in [0.4, 0.5) is 0 Å². The van der Waals surface area contributed by atoms with Crippen LogP contribution < -0.4 is 36.6 Å². The molecule has 10 heteroatoms. The van der Waals surface area contributed by atoms with E-state index in [-0.39, 0.29) is 43.3 Å². The predicted molar refractivity (Wildman–Crippen MR) is 350 cm³/mol. The second-order valence-corrected chi connectivity index (χ2v) is 34.3. The van der Waals surface area contributed by atoms with Crippen molar-refractivity contribution in [1.82, 2.24) is 0 Å². The molecule has 8 nitrogen and oxygen atoms in total. The SMILES string of the molecule is COc1cc(C(C)(C)C)c(OP2Oc3c4cc(C(C)(C)C)cc3Cc3cc(C(C)(C)C)cc5c3OP(Oc3c(C(C)(C)C)cc(OC)cc3C(C)(C)C)Oc3c(cc(C(C)(C)C)cc3Cc3cc(C(C)(C)C)cc(c3O2)C4)C5)c(C(C)(C)C)c1. The van der Waals surface area contributed by atoms with Gasteiger partial charge in [-0.2, -0.15) is 0 Å². The quantitative estimate of drug-likeness (QED) is 0.153. The van der Waals surface area contributed by atoms with E-state index in [2.05, 4.69) is 239 Å². The molecule has 0 N–H and O–H groups in total. The maximum atomic E-state index is 7.68. The molecule has 452 valence electrons. The third-order valence-corrected chi connectivity index (χ3v) is 18.8. The Labute approximate surface area is 508 Å². The first-order valence-corrected chi connectivity index (χ1v) is 32.5. The minimum atomic E-state index is -2.21. The fraction of sp³-hybridized carbons (Fsp3) is 0.514. The monoisotopic (exact) mass is 1180 g/mol. The number of rotatable bonds is 6. The lowest BCUT2D eigenvalue weighted by Crippen LogP contribution is -2.22. The van der Waals surface area contributed by atoms with Crippen LogP contribution in [0.1, 0.15) is 255 Å². The molecule has 4 heterocycles. The van der Waals surface area contributed by atoms with Gasteiger partial charge < -0.3 is 36.6 Å². The van der Waals surface area contributed by atoms with E-state index in [0.29, 0.717) is 25.7 Å². The van der Waals surface area contributed by atoms with Gasteiger partial charge in [-0.15, -0.1) is 0 Å². The number of benzene rings is 6. The fourth-order valence-electron chi connectivity index (χ4n) is 11.5. The van der Waals surface area contributed by atoms with Gasteiger partial charge in [-0.05, 0) is 134 Å². The van der Waals surface area contributed by atoms with Gasteiger partial charge in [-0.25, -0.2) is 0 Å². The lowest BCUT2D eigenvalue weighted by atomic mass is 9.79. The molecule has 0 saturated carbocycles. The zero-order chi connectivity index (χ0) is 62.0. The molecule has 0 radical (unpaired) electrons. The van der Waals surface area contributed by atoms with E-state index in [1.165, 1.54) is 22.3 Å². The summed E-state index contributed by atoms with van der Waals surface area (Å²) in [4.78, 5) is 0. The molecule has 6 aromatic rings. The van der Waals surface area contributed by atoms with E-state index in [1.807, 2.05) is 0 Å². The highest BCUT2D eigenvalue weighted by atomic mass is 31.2. The molecular formula is C74H98O8P2. The molecule has 12 bridgehead atoms. The van der Waals surface area contributed by atoms with E-state index in [0.717, 1.165) is 113 Å².